The van der Waals surface area contributed by atoms with Gasteiger partial charge in [0.25, 0.3) is 0 Å². The molecule has 0 unspecified atom stereocenters. The Labute approximate surface area is 388 Å². The highest BCUT2D eigenvalue weighted by Crippen LogP contribution is 2.15. The molecular weight excluding hydrogens is 817 g/mol. The Bertz CT molecular complexity index is 1090. The lowest BCUT2D eigenvalue weighted by molar-refractivity contribution is -0.148. The van der Waals surface area contributed by atoms with E-state index in [-0.39, 0.29) is 38.9 Å². The van der Waals surface area contributed by atoms with Crippen LogP contribution in [-0.2, 0) is 28.7 Å². The van der Waals surface area contributed by atoms with Crippen LogP contribution in [0, 0.1) is 0 Å². The van der Waals surface area contributed by atoms with Gasteiger partial charge in [-0.3, -0.25) is 9.59 Å². The van der Waals surface area contributed by atoms with E-state index in [1.54, 1.807) is 0 Å². The van der Waals surface area contributed by atoms with Crippen molar-refractivity contribution >= 4 is 35.9 Å². The monoisotopic (exact) mass is 911 g/mol. The topological polar surface area (TPSA) is 209 Å². The summed E-state index contributed by atoms with van der Waals surface area (Å²) in [6.45, 7) is 5.77. The van der Waals surface area contributed by atoms with E-state index >= 15 is 0 Å². The second-order valence-corrected chi connectivity index (χ2v) is 17.7. The van der Waals surface area contributed by atoms with Gasteiger partial charge in [-0.1, -0.05) is 194 Å². The van der Waals surface area contributed by atoms with Gasteiger partial charge in [-0.25, -0.2) is 19.2 Å². The van der Waals surface area contributed by atoms with Crippen molar-refractivity contribution in [2.24, 2.45) is 0 Å². The summed E-state index contributed by atoms with van der Waals surface area (Å²) in [4.78, 5) is 72.7. The van der Waals surface area contributed by atoms with E-state index in [4.69, 9.17) is 19.7 Å². The van der Waals surface area contributed by atoms with E-state index in [9.17, 15) is 28.8 Å². The van der Waals surface area contributed by atoms with E-state index in [0.29, 0.717) is 13.1 Å². The predicted molar refractivity (Wildman–Crippen MR) is 255 cm³/mol. The van der Waals surface area contributed by atoms with Gasteiger partial charge in [0.2, 0.25) is 0 Å². The summed E-state index contributed by atoms with van der Waals surface area (Å²) in [6.07, 6.45) is 35.9. The zero-order valence-electron chi connectivity index (χ0n) is 40.6. The first-order chi connectivity index (χ1) is 31.1. The van der Waals surface area contributed by atoms with Crippen LogP contribution in [0.15, 0.2) is 0 Å². The first-order valence-electron chi connectivity index (χ1n) is 26.0. The second-order valence-electron chi connectivity index (χ2n) is 17.7. The number of rotatable bonds is 47. The Balaban J connectivity index is 4.12. The molecule has 2 atom stereocenters. The Hall–Kier alpha value is -3.58. The number of urea groups is 2. The minimum Gasteiger partial charge on any atom is -0.481 e. The summed E-state index contributed by atoms with van der Waals surface area (Å²) in [5.74, 6) is -3.33. The number of esters is 2. The van der Waals surface area contributed by atoms with Crippen molar-refractivity contribution < 1.29 is 48.5 Å². The van der Waals surface area contributed by atoms with Crippen LogP contribution in [0.2, 0.25) is 0 Å². The molecule has 4 amide bonds. The molecule has 6 N–H and O–H groups in total. The fourth-order valence-electron chi connectivity index (χ4n) is 7.60. The summed E-state index contributed by atoms with van der Waals surface area (Å²) in [5.41, 5.74) is 0. The van der Waals surface area contributed by atoms with Crippen LogP contribution in [0.1, 0.15) is 245 Å². The Kier molecular flexibility index (Phi) is 43.4. The molecule has 0 saturated heterocycles. The number of carboxylic acids is 2. The molecular formula is C50H94N4O10. The van der Waals surface area contributed by atoms with Gasteiger partial charge in [-0.2, -0.15) is 0 Å². The summed E-state index contributed by atoms with van der Waals surface area (Å²) in [6, 6.07) is -3.13. The van der Waals surface area contributed by atoms with Gasteiger partial charge in [-0.15, -0.1) is 0 Å². The smallest absolute Gasteiger partial charge is 0.328 e. The Morgan fingerprint density at radius 1 is 0.375 bits per heavy atom. The molecule has 0 rings (SSSR count). The van der Waals surface area contributed by atoms with E-state index in [1.165, 1.54) is 128 Å². The lowest BCUT2D eigenvalue weighted by atomic mass is 10.0. The zero-order chi connectivity index (χ0) is 47.1. The third-order valence-corrected chi connectivity index (χ3v) is 11.6. The highest BCUT2D eigenvalue weighted by molar-refractivity contribution is 5.84. The molecule has 0 aromatic carbocycles. The quantitative estimate of drug-likeness (QED) is 0.0251. The SMILES string of the molecule is CCCCCCCCCCCCCCCOC(=O)[C@H](CCC(=O)O)NC(=O)NCCCCCCCCNC(=O)N[C@@H](CCC(=O)O)C(=O)OCCCCCCCCCCCCCCC. The third kappa shape index (κ3) is 42.4. The van der Waals surface area contributed by atoms with Crippen LogP contribution in [0.25, 0.3) is 0 Å². The minimum atomic E-state index is -1.05. The zero-order valence-corrected chi connectivity index (χ0v) is 40.6. The number of carbonyl (C=O) groups is 6. The molecule has 0 aromatic heterocycles. The molecule has 14 nitrogen and oxygen atoms in total. The number of aliphatic carboxylic acids is 2. The van der Waals surface area contributed by atoms with Crippen LogP contribution in [0.5, 0.6) is 0 Å². The van der Waals surface area contributed by atoms with Crippen molar-refractivity contribution in [1.82, 2.24) is 21.3 Å². The van der Waals surface area contributed by atoms with Crippen LogP contribution in [0.3, 0.4) is 0 Å². The number of ether oxygens (including phenoxy) is 2. The van der Waals surface area contributed by atoms with Crippen LogP contribution in [0.4, 0.5) is 9.59 Å². The van der Waals surface area contributed by atoms with Crippen LogP contribution < -0.4 is 21.3 Å². The maximum atomic E-state index is 12.7. The molecule has 374 valence electrons. The second kappa shape index (κ2) is 46.0. The molecule has 0 saturated carbocycles. The predicted octanol–water partition coefficient (Wildman–Crippen LogP) is 11.7. The van der Waals surface area contributed by atoms with Gasteiger partial charge in [0, 0.05) is 25.9 Å². The lowest BCUT2D eigenvalue weighted by Gasteiger charge is -2.17. The highest BCUT2D eigenvalue weighted by Gasteiger charge is 2.24. The van der Waals surface area contributed by atoms with Crippen molar-refractivity contribution in [1.29, 1.82) is 0 Å². The van der Waals surface area contributed by atoms with E-state index in [2.05, 4.69) is 35.1 Å². The fraction of sp³-hybridized carbons (Fsp3) is 0.880. The van der Waals surface area contributed by atoms with Gasteiger partial charge in [0.15, 0.2) is 0 Å². The molecule has 0 fully saturated rings. The van der Waals surface area contributed by atoms with Gasteiger partial charge in [-0.05, 0) is 38.5 Å². The van der Waals surface area contributed by atoms with Crippen molar-refractivity contribution in [3.05, 3.63) is 0 Å². The number of amides is 4. The van der Waals surface area contributed by atoms with E-state index in [0.717, 1.165) is 77.0 Å². The average Bonchev–Trinajstić information content (AvgIpc) is 3.27. The Morgan fingerprint density at radius 3 is 0.891 bits per heavy atom. The maximum Gasteiger partial charge on any atom is 0.328 e. The van der Waals surface area contributed by atoms with Crippen molar-refractivity contribution in [3.63, 3.8) is 0 Å². The van der Waals surface area contributed by atoms with Gasteiger partial charge in [0.05, 0.1) is 13.2 Å². The standard InChI is InChI=1S/C50H94N4O10/c1-3-5-7-9-11-13-15-17-19-21-25-29-33-41-63-47(59)43(35-37-45(55)56)53-49(61)51-39-31-27-23-24-28-32-40-52-50(62)54-44(36-38-46(57)58)48(60)64-42-34-30-26-22-20-18-16-14-12-10-8-6-4-2/h43-44H,3-42H2,1-2H3,(H,55,56)(H,57,58)(H2,51,53,61)(H2,52,54,62)/t43-,44-/m0/s1. The number of unbranched alkanes of at least 4 members (excludes halogenated alkanes) is 29. The number of hydrogen-bond acceptors (Lipinski definition) is 8. The number of carboxylic acid groups (broad SMARTS) is 2. The summed E-state index contributed by atoms with van der Waals surface area (Å²) in [5, 5.41) is 28.9. The summed E-state index contributed by atoms with van der Waals surface area (Å²) < 4.78 is 10.8. The van der Waals surface area contributed by atoms with Gasteiger partial charge >= 0.3 is 35.9 Å². The van der Waals surface area contributed by atoms with Crippen molar-refractivity contribution in [2.45, 2.75) is 257 Å². The minimum absolute atomic E-state index is 0.0475. The highest BCUT2D eigenvalue weighted by atomic mass is 16.5. The van der Waals surface area contributed by atoms with Crippen LogP contribution >= 0.6 is 0 Å². The van der Waals surface area contributed by atoms with Gasteiger partial charge < -0.3 is 41.0 Å². The third-order valence-electron chi connectivity index (χ3n) is 11.6. The molecule has 14 heteroatoms. The molecule has 0 bridgehead atoms. The van der Waals surface area contributed by atoms with Crippen molar-refractivity contribution in [3.8, 4) is 0 Å². The van der Waals surface area contributed by atoms with Gasteiger partial charge in [0.1, 0.15) is 12.1 Å². The molecule has 0 heterocycles. The van der Waals surface area contributed by atoms with Crippen molar-refractivity contribution in [2.75, 3.05) is 26.3 Å². The summed E-state index contributed by atoms with van der Waals surface area (Å²) >= 11 is 0. The lowest BCUT2D eigenvalue weighted by Crippen LogP contribution is -2.47. The molecule has 0 radical (unpaired) electrons. The largest absolute Gasteiger partial charge is 0.481 e. The number of nitrogens with one attached hydrogen (secondary N) is 4. The molecule has 0 aromatic rings. The average molecular weight is 911 g/mol. The molecule has 0 aliphatic carbocycles. The maximum absolute atomic E-state index is 12.7. The molecule has 0 aliphatic heterocycles. The van der Waals surface area contributed by atoms with Crippen LogP contribution in [-0.4, -0.2) is 84.5 Å². The first-order valence-corrected chi connectivity index (χ1v) is 26.0. The molecule has 0 spiro atoms. The summed E-state index contributed by atoms with van der Waals surface area (Å²) in [7, 11) is 0. The van der Waals surface area contributed by atoms with E-state index in [1.807, 2.05) is 0 Å². The number of carbonyl (C=O) groups excluding carboxylic acids is 4. The normalized spacial score (nSPS) is 12.0. The number of hydrogen-bond donors (Lipinski definition) is 6. The fourth-order valence-corrected chi connectivity index (χ4v) is 7.60. The van der Waals surface area contributed by atoms with E-state index < -0.39 is 48.0 Å². The Morgan fingerprint density at radius 2 is 0.625 bits per heavy atom. The molecule has 0 aliphatic rings. The first kappa shape index (κ1) is 60.4. The molecule has 64 heavy (non-hydrogen) atoms.